The van der Waals surface area contributed by atoms with E-state index in [1.165, 1.54) is 0 Å². The molecular weight excluding hydrogens is 312 g/mol. The van der Waals surface area contributed by atoms with Gasteiger partial charge in [-0.15, -0.1) is 0 Å². The van der Waals surface area contributed by atoms with Crippen molar-refractivity contribution in [1.29, 1.82) is 0 Å². The lowest BCUT2D eigenvalue weighted by atomic mass is 9.94. The topological polar surface area (TPSA) is 52.6 Å². The lowest BCUT2D eigenvalue weighted by Crippen LogP contribution is -2.44. The van der Waals surface area contributed by atoms with Gasteiger partial charge in [-0.25, -0.2) is 4.79 Å². The molecule has 0 radical (unpaired) electrons. The van der Waals surface area contributed by atoms with Gasteiger partial charge in [0.05, 0.1) is 6.04 Å². The Morgan fingerprint density at radius 3 is 2.32 bits per heavy atom. The largest absolute Gasteiger partial charge is 0.396 e. The minimum Gasteiger partial charge on any atom is -0.396 e. The number of aryl methyl sites for hydroxylation is 1. The van der Waals surface area contributed by atoms with Gasteiger partial charge in [-0.3, -0.25) is 0 Å². The maximum absolute atomic E-state index is 12.7. The molecule has 0 aliphatic carbocycles. The number of nitrogens with one attached hydrogen (secondary N) is 1. The van der Waals surface area contributed by atoms with E-state index in [-0.39, 0.29) is 24.1 Å². The highest BCUT2D eigenvalue weighted by atomic mass is 16.3. The molecule has 25 heavy (non-hydrogen) atoms. The van der Waals surface area contributed by atoms with Crippen LogP contribution in [0.25, 0.3) is 0 Å². The number of hydrogen-bond acceptors (Lipinski definition) is 2. The highest BCUT2D eigenvalue weighted by Crippen LogP contribution is 2.25. The fourth-order valence-corrected chi connectivity index (χ4v) is 2.89. The molecular formula is C21H28N2O2. The number of aliphatic hydroxyl groups excluding tert-OH is 1. The Hall–Kier alpha value is -2.33. The first kappa shape index (κ1) is 19.0. The number of benzene rings is 2. The molecule has 134 valence electrons. The van der Waals surface area contributed by atoms with Gasteiger partial charge in [-0.05, 0) is 23.6 Å². The molecule has 4 nitrogen and oxygen atoms in total. The fourth-order valence-electron chi connectivity index (χ4n) is 2.89. The number of aliphatic hydroxyl groups is 1. The Bertz CT molecular complexity index is 698. The van der Waals surface area contributed by atoms with Crippen molar-refractivity contribution in [2.24, 2.45) is 5.41 Å². The summed E-state index contributed by atoms with van der Waals surface area (Å²) in [4.78, 5) is 14.4. The summed E-state index contributed by atoms with van der Waals surface area (Å²) < 4.78 is 0. The first-order valence-corrected chi connectivity index (χ1v) is 8.57. The zero-order valence-electron chi connectivity index (χ0n) is 15.5. The lowest BCUT2D eigenvalue weighted by molar-refractivity contribution is 0.121. The van der Waals surface area contributed by atoms with E-state index in [1.54, 1.807) is 11.9 Å². The molecule has 0 bridgehead atoms. The summed E-state index contributed by atoms with van der Waals surface area (Å²) >= 11 is 0. The van der Waals surface area contributed by atoms with Gasteiger partial charge in [0, 0.05) is 25.6 Å². The van der Waals surface area contributed by atoms with Crippen LogP contribution in [0.4, 0.5) is 4.79 Å². The molecule has 0 fully saturated rings. The van der Waals surface area contributed by atoms with Crippen molar-refractivity contribution in [3.8, 4) is 0 Å². The molecule has 2 N–H and O–H groups in total. The molecule has 2 aromatic carbocycles. The summed E-state index contributed by atoms with van der Waals surface area (Å²) in [5.74, 6) is 0. The summed E-state index contributed by atoms with van der Waals surface area (Å²) in [6.45, 7) is 6.44. The van der Waals surface area contributed by atoms with Crippen LogP contribution >= 0.6 is 0 Å². The Morgan fingerprint density at radius 1 is 1.12 bits per heavy atom. The molecule has 0 unspecified atom stereocenters. The maximum Gasteiger partial charge on any atom is 0.317 e. The highest BCUT2D eigenvalue weighted by Gasteiger charge is 2.24. The van der Waals surface area contributed by atoms with Crippen LogP contribution in [-0.4, -0.2) is 36.2 Å². The van der Waals surface area contributed by atoms with E-state index in [4.69, 9.17) is 0 Å². The summed E-state index contributed by atoms with van der Waals surface area (Å²) in [6.07, 6.45) is 0. The van der Waals surface area contributed by atoms with Crippen molar-refractivity contribution < 1.29 is 9.90 Å². The molecule has 0 aliphatic heterocycles. The quantitative estimate of drug-likeness (QED) is 0.841. The van der Waals surface area contributed by atoms with Crippen molar-refractivity contribution in [3.05, 3.63) is 71.3 Å². The van der Waals surface area contributed by atoms with Crippen molar-refractivity contribution in [3.63, 3.8) is 0 Å². The predicted molar refractivity (Wildman–Crippen MR) is 101 cm³/mol. The Labute approximate surface area is 150 Å². The summed E-state index contributed by atoms with van der Waals surface area (Å²) in [5.41, 5.74) is 2.92. The van der Waals surface area contributed by atoms with E-state index in [0.717, 1.165) is 16.7 Å². The SMILES string of the molecule is Cc1ccccc1[C@@H](NC(=O)N(C)CC(C)(C)CO)c1ccccc1. The van der Waals surface area contributed by atoms with Crippen LogP contribution in [0.1, 0.15) is 36.6 Å². The van der Waals surface area contributed by atoms with Crippen molar-refractivity contribution in [1.82, 2.24) is 10.2 Å². The molecule has 0 aliphatic rings. The van der Waals surface area contributed by atoms with Gasteiger partial charge in [0.15, 0.2) is 0 Å². The predicted octanol–water partition coefficient (Wildman–Crippen LogP) is 3.74. The number of hydrogen-bond donors (Lipinski definition) is 2. The second-order valence-corrected chi connectivity index (χ2v) is 7.33. The first-order valence-electron chi connectivity index (χ1n) is 8.57. The Kier molecular flexibility index (Phi) is 6.21. The second kappa shape index (κ2) is 8.17. The normalized spacial score (nSPS) is 12.5. The molecule has 0 spiro atoms. The van der Waals surface area contributed by atoms with Crippen LogP contribution in [0.3, 0.4) is 0 Å². The van der Waals surface area contributed by atoms with E-state index >= 15 is 0 Å². The molecule has 4 heteroatoms. The Balaban J connectivity index is 2.26. The number of amides is 2. The van der Waals surface area contributed by atoms with Gasteiger partial charge in [0.2, 0.25) is 0 Å². The van der Waals surface area contributed by atoms with E-state index in [9.17, 15) is 9.90 Å². The second-order valence-electron chi connectivity index (χ2n) is 7.33. The van der Waals surface area contributed by atoms with Gasteiger partial charge < -0.3 is 15.3 Å². The zero-order chi connectivity index (χ0) is 18.4. The monoisotopic (exact) mass is 340 g/mol. The molecule has 0 aromatic heterocycles. The van der Waals surface area contributed by atoms with Gasteiger partial charge in [-0.2, -0.15) is 0 Å². The minimum atomic E-state index is -0.336. The smallest absolute Gasteiger partial charge is 0.317 e. The van der Waals surface area contributed by atoms with E-state index in [2.05, 4.69) is 18.3 Å². The Morgan fingerprint density at radius 2 is 1.72 bits per heavy atom. The molecule has 2 rings (SSSR count). The average Bonchev–Trinajstić information content (AvgIpc) is 2.60. The average molecular weight is 340 g/mol. The van der Waals surface area contributed by atoms with Gasteiger partial charge in [0.25, 0.3) is 0 Å². The molecule has 1 atom stereocenters. The standard InChI is InChI=1S/C21H28N2O2/c1-16-10-8-9-13-18(16)19(17-11-6-5-7-12-17)22-20(25)23(4)14-21(2,3)15-24/h5-13,19,24H,14-15H2,1-4H3,(H,22,25)/t19-/m0/s1. The molecule has 0 saturated heterocycles. The highest BCUT2D eigenvalue weighted by molar-refractivity contribution is 5.75. The third kappa shape index (κ3) is 5.07. The van der Waals surface area contributed by atoms with Crippen molar-refractivity contribution in [2.45, 2.75) is 26.8 Å². The summed E-state index contributed by atoms with van der Waals surface area (Å²) in [5, 5.41) is 12.6. The van der Waals surface area contributed by atoms with Crippen LogP contribution < -0.4 is 5.32 Å². The van der Waals surface area contributed by atoms with Crippen molar-refractivity contribution >= 4 is 6.03 Å². The van der Waals surface area contributed by atoms with Crippen LogP contribution in [0.15, 0.2) is 54.6 Å². The van der Waals surface area contributed by atoms with Gasteiger partial charge in [-0.1, -0.05) is 68.4 Å². The number of nitrogens with zero attached hydrogens (tertiary/aromatic N) is 1. The molecule has 2 amide bonds. The fraction of sp³-hybridized carbons (Fsp3) is 0.381. The zero-order valence-corrected chi connectivity index (χ0v) is 15.5. The van der Waals surface area contributed by atoms with Crippen molar-refractivity contribution in [2.75, 3.05) is 20.2 Å². The molecule has 2 aromatic rings. The van der Waals surface area contributed by atoms with Crippen LogP contribution in [0, 0.1) is 12.3 Å². The number of carbonyl (C=O) groups excluding carboxylic acids is 1. The van der Waals surface area contributed by atoms with E-state index < -0.39 is 0 Å². The van der Waals surface area contributed by atoms with E-state index in [1.807, 2.05) is 62.4 Å². The summed E-state index contributed by atoms with van der Waals surface area (Å²) in [7, 11) is 1.76. The first-order chi connectivity index (χ1) is 11.8. The van der Waals surface area contributed by atoms with Crippen LogP contribution in [-0.2, 0) is 0 Å². The van der Waals surface area contributed by atoms with Crippen LogP contribution in [0.2, 0.25) is 0 Å². The minimum absolute atomic E-state index is 0.0323. The van der Waals surface area contributed by atoms with Crippen LogP contribution in [0.5, 0.6) is 0 Å². The number of rotatable bonds is 6. The third-order valence-electron chi connectivity index (χ3n) is 4.34. The number of carbonyl (C=O) groups is 1. The molecule has 0 heterocycles. The van der Waals surface area contributed by atoms with Gasteiger partial charge in [0.1, 0.15) is 0 Å². The molecule has 0 saturated carbocycles. The maximum atomic E-state index is 12.7. The van der Waals surface area contributed by atoms with E-state index in [0.29, 0.717) is 6.54 Å². The number of urea groups is 1. The lowest BCUT2D eigenvalue weighted by Gasteiger charge is -2.30. The third-order valence-corrected chi connectivity index (χ3v) is 4.34. The van der Waals surface area contributed by atoms with Gasteiger partial charge >= 0.3 is 6.03 Å². The summed E-state index contributed by atoms with van der Waals surface area (Å²) in [6, 6.07) is 17.7.